The van der Waals surface area contributed by atoms with E-state index in [0.717, 1.165) is 10.7 Å². The van der Waals surface area contributed by atoms with Gasteiger partial charge in [-0.25, -0.2) is 4.79 Å². The van der Waals surface area contributed by atoms with Crippen LogP contribution in [-0.2, 0) is 11.3 Å². The first-order chi connectivity index (χ1) is 11.1. The lowest BCUT2D eigenvalue weighted by Gasteiger charge is -2.19. The highest BCUT2D eigenvalue weighted by Crippen LogP contribution is 2.39. The van der Waals surface area contributed by atoms with Crippen LogP contribution in [0.1, 0.15) is 18.2 Å². The lowest BCUT2D eigenvalue weighted by molar-refractivity contribution is -0.0404. The second kappa shape index (κ2) is 7.37. The fraction of sp³-hybridized carbons (Fsp3) is 0.667. The molecule has 0 radical (unpaired) electrons. The SMILES string of the molecule is C=P(C)(C)CCC1O[C@@H](n2cc(CNC)c(=O)[nH]c2=O)[C@H](O)[C@@H]1O. The summed E-state index contributed by atoms with van der Waals surface area (Å²) in [6, 6.07) is 0. The highest BCUT2D eigenvalue weighted by atomic mass is 31.2. The van der Waals surface area contributed by atoms with E-state index >= 15 is 0 Å². The third kappa shape index (κ3) is 4.26. The maximum absolute atomic E-state index is 12.1. The van der Waals surface area contributed by atoms with E-state index in [1.165, 1.54) is 6.20 Å². The number of aromatic amines is 1. The highest BCUT2D eigenvalue weighted by Gasteiger charge is 2.43. The van der Waals surface area contributed by atoms with E-state index < -0.39 is 42.7 Å². The summed E-state index contributed by atoms with van der Waals surface area (Å²) in [6.07, 6.45) is 2.90. The molecule has 0 saturated carbocycles. The second-order valence-corrected chi connectivity index (χ2v) is 11.2. The molecular weight excluding hydrogens is 333 g/mol. The number of hydrogen-bond acceptors (Lipinski definition) is 6. The van der Waals surface area contributed by atoms with Gasteiger partial charge in [-0.05, 0) is 33.0 Å². The van der Waals surface area contributed by atoms with Gasteiger partial charge in [-0.15, -0.1) is 13.2 Å². The van der Waals surface area contributed by atoms with Crippen LogP contribution in [-0.4, -0.2) is 70.9 Å². The summed E-state index contributed by atoms with van der Waals surface area (Å²) < 4.78 is 6.86. The monoisotopic (exact) mass is 359 g/mol. The summed E-state index contributed by atoms with van der Waals surface area (Å²) in [7, 11) is 1.68. The van der Waals surface area contributed by atoms with Crippen molar-refractivity contribution in [1.82, 2.24) is 14.9 Å². The van der Waals surface area contributed by atoms with Gasteiger partial charge >= 0.3 is 5.69 Å². The molecule has 1 fully saturated rings. The molecular formula is C15H26N3O5P. The summed E-state index contributed by atoms with van der Waals surface area (Å²) in [4.78, 5) is 26.0. The Balaban J connectivity index is 2.26. The minimum Gasteiger partial charge on any atom is -0.388 e. The van der Waals surface area contributed by atoms with Crippen molar-refractivity contribution in [3.8, 4) is 0 Å². The normalized spacial score (nSPS) is 27.5. The van der Waals surface area contributed by atoms with Crippen LogP contribution in [0.4, 0.5) is 0 Å². The number of hydrogen-bond donors (Lipinski definition) is 4. The number of rotatable bonds is 6. The minimum absolute atomic E-state index is 0.268. The summed E-state index contributed by atoms with van der Waals surface area (Å²) in [5.41, 5.74) is -0.823. The zero-order valence-corrected chi connectivity index (χ0v) is 15.1. The van der Waals surface area contributed by atoms with Crippen LogP contribution in [0.5, 0.6) is 0 Å². The van der Waals surface area contributed by atoms with E-state index in [1.54, 1.807) is 7.05 Å². The number of aliphatic hydroxyl groups excluding tert-OH is 2. The Labute approximate surface area is 140 Å². The number of aromatic nitrogens is 2. The molecule has 1 unspecified atom stereocenters. The van der Waals surface area contributed by atoms with Crippen molar-refractivity contribution in [3.63, 3.8) is 0 Å². The first kappa shape index (κ1) is 19.1. The van der Waals surface area contributed by atoms with Crippen molar-refractivity contribution < 1.29 is 14.9 Å². The minimum atomic E-state index is -1.29. The number of aliphatic hydroxyl groups is 2. The predicted molar refractivity (Wildman–Crippen MR) is 95.4 cm³/mol. The molecule has 9 heteroatoms. The molecule has 0 aliphatic carbocycles. The van der Waals surface area contributed by atoms with Crippen molar-refractivity contribution in [2.24, 2.45) is 0 Å². The Bertz CT molecular complexity index is 737. The van der Waals surface area contributed by atoms with Crippen LogP contribution in [0.25, 0.3) is 0 Å². The third-order valence-electron chi connectivity index (χ3n) is 4.04. The van der Waals surface area contributed by atoms with Crippen LogP contribution in [0.2, 0.25) is 0 Å². The van der Waals surface area contributed by atoms with Gasteiger partial charge in [0.2, 0.25) is 0 Å². The summed E-state index contributed by atoms with van der Waals surface area (Å²) in [5, 5.41) is 23.3. The Morgan fingerprint density at radius 1 is 1.38 bits per heavy atom. The molecule has 24 heavy (non-hydrogen) atoms. The van der Waals surface area contributed by atoms with Gasteiger partial charge in [0, 0.05) is 18.3 Å². The molecule has 0 spiro atoms. The highest BCUT2D eigenvalue weighted by molar-refractivity contribution is 7.72. The summed E-state index contributed by atoms with van der Waals surface area (Å²) in [6.45, 7) is 3.15. The predicted octanol–water partition coefficient (Wildman–Crippen LogP) is -1.03. The largest absolute Gasteiger partial charge is 0.388 e. The molecule has 2 rings (SSSR count). The average Bonchev–Trinajstić information content (AvgIpc) is 2.75. The molecule has 1 aliphatic heterocycles. The molecule has 4 N–H and O–H groups in total. The Kier molecular flexibility index (Phi) is 5.88. The number of ether oxygens (including phenoxy) is 1. The molecule has 1 aromatic heterocycles. The quantitative estimate of drug-likeness (QED) is 0.483. The molecule has 0 amide bonds. The fourth-order valence-electron chi connectivity index (χ4n) is 2.71. The van der Waals surface area contributed by atoms with Crippen LogP contribution in [0.3, 0.4) is 0 Å². The number of H-pyrrole nitrogens is 1. The van der Waals surface area contributed by atoms with E-state index in [4.69, 9.17) is 4.74 Å². The Hall–Kier alpha value is -1.18. The van der Waals surface area contributed by atoms with Gasteiger partial charge in [-0.3, -0.25) is 14.3 Å². The van der Waals surface area contributed by atoms with Crippen LogP contribution < -0.4 is 16.6 Å². The average molecular weight is 359 g/mol. The molecule has 0 bridgehead atoms. The Morgan fingerprint density at radius 3 is 2.62 bits per heavy atom. The molecule has 2 heterocycles. The molecule has 1 saturated heterocycles. The maximum Gasteiger partial charge on any atom is 0.330 e. The van der Waals surface area contributed by atoms with E-state index in [0.29, 0.717) is 12.0 Å². The first-order valence-corrected chi connectivity index (χ1v) is 10.9. The summed E-state index contributed by atoms with van der Waals surface area (Å²) in [5.74, 6) is 0. The van der Waals surface area contributed by atoms with E-state index in [-0.39, 0.29) is 6.54 Å². The molecule has 8 nitrogen and oxygen atoms in total. The van der Waals surface area contributed by atoms with E-state index in [1.807, 2.05) is 0 Å². The standard InChI is InChI=1S/C15H26N3O5P/c1-16-7-9-8-18(15(22)17-13(9)21)14-12(20)11(19)10(23-14)5-6-24(2,3)4/h8,10-12,14,16,19-20H,2,5-7H2,1,3-4H3,(H,17,21,22)/t10?,11-,12-,14-/m1/s1. The topological polar surface area (TPSA) is 117 Å². The summed E-state index contributed by atoms with van der Waals surface area (Å²) >= 11 is 0. The lowest BCUT2D eigenvalue weighted by Crippen LogP contribution is -2.39. The molecule has 4 atom stereocenters. The van der Waals surface area contributed by atoms with E-state index in [2.05, 4.69) is 29.9 Å². The number of nitrogens with zero attached hydrogens (tertiary/aromatic N) is 1. The first-order valence-electron chi connectivity index (χ1n) is 7.82. The van der Waals surface area contributed by atoms with E-state index in [9.17, 15) is 19.8 Å². The van der Waals surface area contributed by atoms with Gasteiger partial charge in [0.1, 0.15) is 12.2 Å². The fourth-order valence-corrected chi connectivity index (χ4v) is 3.66. The van der Waals surface area contributed by atoms with Gasteiger partial charge in [0.25, 0.3) is 5.56 Å². The zero-order valence-electron chi connectivity index (χ0n) is 14.2. The second-order valence-electron chi connectivity index (χ2n) is 6.85. The zero-order chi connectivity index (χ0) is 18.1. The van der Waals surface area contributed by atoms with Gasteiger partial charge < -0.3 is 20.3 Å². The van der Waals surface area contributed by atoms with Gasteiger partial charge in [-0.1, -0.05) is 0 Å². The maximum atomic E-state index is 12.1. The van der Waals surface area contributed by atoms with Crippen molar-refractivity contribution >= 4 is 13.2 Å². The van der Waals surface area contributed by atoms with Crippen LogP contribution in [0, 0.1) is 0 Å². The van der Waals surface area contributed by atoms with Crippen molar-refractivity contribution in [2.45, 2.75) is 37.5 Å². The van der Waals surface area contributed by atoms with Gasteiger partial charge in [0.15, 0.2) is 6.23 Å². The molecule has 136 valence electrons. The Morgan fingerprint density at radius 2 is 2.04 bits per heavy atom. The van der Waals surface area contributed by atoms with Gasteiger partial charge in [0.05, 0.1) is 6.10 Å². The molecule has 1 aromatic rings. The third-order valence-corrected chi connectivity index (χ3v) is 5.51. The lowest BCUT2D eigenvalue weighted by atomic mass is 10.1. The molecule has 1 aliphatic rings. The smallest absolute Gasteiger partial charge is 0.330 e. The number of nitrogens with one attached hydrogen (secondary N) is 2. The van der Waals surface area contributed by atoms with Crippen LogP contribution in [0.15, 0.2) is 15.8 Å². The van der Waals surface area contributed by atoms with Crippen molar-refractivity contribution in [2.75, 3.05) is 26.5 Å². The van der Waals surface area contributed by atoms with Crippen molar-refractivity contribution in [1.29, 1.82) is 0 Å². The van der Waals surface area contributed by atoms with Crippen LogP contribution >= 0.6 is 6.89 Å². The van der Waals surface area contributed by atoms with Gasteiger partial charge in [-0.2, -0.15) is 0 Å². The molecule has 0 aromatic carbocycles. The van der Waals surface area contributed by atoms with Crippen molar-refractivity contribution in [3.05, 3.63) is 32.6 Å².